The largest absolute Gasteiger partial charge is 0.493 e. The fourth-order valence-electron chi connectivity index (χ4n) is 4.90. The third kappa shape index (κ3) is 8.98. The fraction of sp³-hybridized carbons (Fsp3) is 0.412. The van der Waals surface area contributed by atoms with E-state index in [0.29, 0.717) is 52.7 Å². The molecular weight excluding hydrogens is 643 g/mol. The summed E-state index contributed by atoms with van der Waals surface area (Å²) in [6.45, 7) is 9.91. The van der Waals surface area contributed by atoms with Crippen molar-refractivity contribution in [1.82, 2.24) is 4.90 Å². The number of thioether (sulfide) groups is 1. The van der Waals surface area contributed by atoms with Crippen molar-refractivity contribution < 1.29 is 38.1 Å². The summed E-state index contributed by atoms with van der Waals surface area (Å²) in [5.41, 5.74) is 1.45. The van der Waals surface area contributed by atoms with E-state index < -0.39 is 22.9 Å². The highest BCUT2D eigenvalue weighted by Gasteiger charge is 2.33. The van der Waals surface area contributed by atoms with Crippen molar-refractivity contribution in [3.63, 3.8) is 0 Å². The molecule has 3 aromatic rings. The summed E-state index contributed by atoms with van der Waals surface area (Å²) in [5.74, 6) is -0.142. The molecule has 1 aromatic heterocycles. The van der Waals surface area contributed by atoms with Crippen molar-refractivity contribution in [2.24, 2.45) is 0 Å². The molecule has 4 rings (SSSR count). The number of amides is 3. The van der Waals surface area contributed by atoms with Crippen LogP contribution in [0.1, 0.15) is 72.2 Å². The second-order valence-electron chi connectivity index (χ2n) is 11.6. The van der Waals surface area contributed by atoms with Gasteiger partial charge in [-0.15, -0.1) is 23.1 Å². The molecule has 3 amide bonds. The maximum Gasteiger partial charge on any atom is 0.410 e. The van der Waals surface area contributed by atoms with Crippen LogP contribution in [0.15, 0.2) is 47.4 Å². The lowest BCUT2D eigenvalue weighted by molar-refractivity contribution is -0.115. The zero-order valence-electron chi connectivity index (χ0n) is 27.7. The first kappa shape index (κ1) is 35.6. The van der Waals surface area contributed by atoms with Crippen molar-refractivity contribution in [3.8, 4) is 11.5 Å². The minimum atomic E-state index is -0.634. The molecule has 1 aliphatic heterocycles. The van der Waals surface area contributed by atoms with Crippen LogP contribution in [-0.2, 0) is 27.2 Å². The van der Waals surface area contributed by atoms with Crippen LogP contribution in [0.2, 0.25) is 0 Å². The van der Waals surface area contributed by atoms with Crippen LogP contribution >= 0.6 is 23.1 Å². The monoisotopic (exact) mass is 683 g/mol. The Labute approximate surface area is 283 Å². The lowest BCUT2D eigenvalue weighted by Crippen LogP contribution is -2.39. The molecule has 0 saturated heterocycles. The number of nitrogens with zero attached hydrogens (tertiary/aromatic N) is 1. The molecule has 11 nitrogen and oxygen atoms in total. The van der Waals surface area contributed by atoms with E-state index >= 15 is 0 Å². The molecule has 1 aliphatic rings. The normalized spacial score (nSPS) is 13.2. The van der Waals surface area contributed by atoms with Crippen molar-refractivity contribution in [2.45, 2.75) is 69.8 Å². The molecule has 0 bridgehead atoms. The Hall–Kier alpha value is -4.23. The number of esters is 1. The van der Waals surface area contributed by atoms with E-state index in [4.69, 9.17) is 18.9 Å². The number of methoxy groups -OCH3 is 2. The lowest BCUT2D eigenvalue weighted by atomic mass is 10.0. The quantitative estimate of drug-likeness (QED) is 0.162. The van der Waals surface area contributed by atoms with Gasteiger partial charge in [0.2, 0.25) is 5.91 Å². The molecule has 1 atom stereocenters. The van der Waals surface area contributed by atoms with Crippen LogP contribution in [0, 0.1) is 0 Å². The van der Waals surface area contributed by atoms with Crippen LogP contribution in [0.25, 0.3) is 0 Å². The van der Waals surface area contributed by atoms with E-state index in [1.165, 1.54) is 37.3 Å². The number of fused-ring (bicyclic) bond motifs is 1. The van der Waals surface area contributed by atoms with Gasteiger partial charge in [-0.25, -0.2) is 9.59 Å². The SMILES string of the molecule is CCOC(=O)c1c(NC(=O)C(CC)Sc2cccc(NC(=O)c3ccc(OC)c(OC)c3)c2)sc2c1CCN(C(=O)OC(C)(C)C)C2. The van der Waals surface area contributed by atoms with Crippen LogP contribution < -0.4 is 20.1 Å². The summed E-state index contributed by atoms with van der Waals surface area (Å²) in [4.78, 5) is 55.6. The Morgan fingerprint density at radius 2 is 1.74 bits per heavy atom. The second-order valence-corrected chi connectivity index (χ2v) is 14.0. The topological polar surface area (TPSA) is 132 Å². The predicted octanol–water partition coefficient (Wildman–Crippen LogP) is 7.00. The molecule has 2 heterocycles. The standard InChI is InChI=1S/C34H41N3O8S2/c1-8-26(46-22-12-10-11-21(18-22)35-29(38)20-13-14-24(42-6)25(17-20)43-7)30(39)36-31-28(32(40)44-9-2)23-15-16-37(19-27(23)47-31)33(41)45-34(3,4)5/h10-14,17-18,26H,8-9,15-16,19H2,1-7H3,(H,35,38)(H,36,39). The molecule has 252 valence electrons. The highest BCUT2D eigenvalue weighted by Crippen LogP contribution is 2.39. The molecule has 0 fully saturated rings. The van der Waals surface area contributed by atoms with Gasteiger partial charge in [-0.05, 0) is 82.5 Å². The second kappa shape index (κ2) is 15.6. The zero-order chi connectivity index (χ0) is 34.3. The summed E-state index contributed by atoms with van der Waals surface area (Å²) >= 11 is 2.63. The molecule has 0 aliphatic carbocycles. The third-order valence-electron chi connectivity index (χ3n) is 7.10. The van der Waals surface area contributed by atoms with Crippen LogP contribution in [0.5, 0.6) is 11.5 Å². The molecule has 0 saturated carbocycles. The smallest absolute Gasteiger partial charge is 0.410 e. The number of carbonyl (C=O) groups is 4. The summed E-state index contributed by atoms with van der Waals surface area (Å²) in [6, 6.07) is 12.2. The van der Waals surface area contributed by atoms with Gasteiger partial charge in [0, 0.05) is 27.6 Å². The van der Waals surface area contributed by atoms with Crippen LogP contribution in [-0.4, -0.2) is 67.0 Å². The van der Waals surface area contributed by atoms with E-state index in [9.17, 15) is 19.2 Å². The summed E-state index contributed by atoms with van der Waals surface area (Å²) < 4.78 is 21.5. The van der Waals surface area contributed by atoms with E-state index in [1.54, 1.807) is 48.2 Å². The Bertz CT molecular complexity index is 1630. The number of anilines is 2. The first-order valence-corrected chi connectivity index (χ1v) is 17.0. The Balaban J connectivity index is 1.49. The van der Waals surface area contributed by atoms with Crippen molar-refractivity contribution >= 4 is 57.7 Å². The van der Waals surface area contributed by atoms with Crippen molar-refractivity contribution in [3.05, 3.63) is 64.0 Å². The van der Waals surface area contributed by atoms with Gasteiger partial charge >= 0.3 is 12.1 Å². The third-order valence-corrected chi connectivity index (χ3v) is 9.59. The van der Waals surface area contributed by atoms with Crippen LogP contribution in [0.4, 0.5) is 15.5 Å². The van der Waals surface area contributed by atoms with Gasteiger partial charge in [-0.1, -0.05) is 13.0 Å². The maximum absolute atomic E-state index is 13.6. The Morgan fingerprint density at radius 3 is 2.40 bits per heavy atom. The van der Waals surface area contributed by atoms with E-state index in [-0.39, 0.29) is 25.0 Å². The number of ether oxygens (including phenoxy) is 4. The van der Waals surface area contributed by atoms with Gasteiger partial charge in [0.25, 0.3) is 5.91 Å². The Kier molecular flexibility index (Phi) is 11.8. The number of nitrogens with one attached hydrogen (secondary N) is 2. The average molecular weight is 684 g/mol. The predicted molar refractivity (Wildman–Crippen MR) is 183 cm³/mol. The van der Waals surface area contributed by atoms with Gasteiger partial charge < -0.3 is 34.5 Å². The summed E-state index contributed by atoms with van der Waals surface area (Å²) in [5, 5.41) is 5.78. The number of benzene rings is 2. The number of carbonyl (C=O) groups excluding carboxylic acids is 4. The van der Waals surface area contributed by atoms with E-state index in [2.05, 4.69) is 10.6 Å². The van der Waals surface area contributed by atoms with Gasteiger partial charge in [0.1, 0.15) is 10.6 Å². The molecule has 13 heteroatoms. The van der Waals surface area contributed by atoms with Gasteiger partial charge in [-0.3, -0.25) is 9.59 Å². The molecular formula is C34H41N3O8S2. The Morgan fingerprint density at radius 1 is 1.00 bits per heavy atom. The maximum atomic E-state index is 13.6. The van der Waals surface area contributed by atoms with E-state index in [0.717, 1.165) is 15.3 Å². The van der Waals surface area contributed by atoms with Gasteiger partial charge in [0.15, 0.2) is 11.5 Å². The number of hydrogen-bond acceptors (Lipinski definition) is 10. The zero-order valence-corrected chi connectivity index (χ0v) is 29.3. The van der Waals surface area contributed by atoms with Gasteiger partial charge in [-0.2, -0.15) is 0 Å². The number of rotatable bonds is 11. The average Bonchev–Trinajstić information content (AvgIpc) is 3.39. The molecule has 0 spiro atoms. The highest BCUT2D eigenvalue weighted by molar-refractivity contribution is 8.00. The first-order valence-electron chi connectivity index (χ1n) is 15.3. The molecule has 0 radical (unpaired) electrons. The van der Waals surface area contributed by atoms with Crippen molar-refractivity contribution in [2.75, 3.05) is 38.0 Å². The minimum Gasteiger partial charge on any atom is -0.493 e. The number of hydrogen-bond donors (Lipinski definition) is 2. The van der Waals surface area contributed by atoms with E-state index in [1.807, 2.05) is 33.8 Å². The summed E-state index contributed by atoms with van der Waals surface area (Å²) in [6.07, 6.45) is 0.512. The van der Waals surface area contributed by atoms with Crippen LogP contribution in [0.3, 0.4) is 0 Å². The first-order chi connectivity index (χ1) is 22.4. The fourth-order valence-corrected chi connectivity index (χ4v) is 7.17. The molecule has 1 unspecified atom stereocenters. The summed E-state index contributed by atoms with van der Waals surface area (Å²) in [7, 11) is 3.03. The van der Waals surface area contributed by atoms with Gasteiger partial charge in [0.05, 0.1) is 38.2 Å². The molecule has 47 heavy (non-hydrogen) atoms. The highest BCUT2D eigenvalue weighted by atomic mass is 32.2. The minimum absolute atomic E-state index is 0.188. The van der Waals surface area contributed by atoms with Crippen molar-refractivity contribution in [1.29, 1.82) is 0 Å². The number of thiophene rings is 1. The lowest BCUT2D eigenvalue weighted by Gasteiger charge is -2.30. The molecule has 2 aromatic carbocycles. The molecule has 2 N–H and O–H groups in total.